The van der Waals surface area contributed by atoms with Crippen molar-refractivity contribution in [1.29, 1.82) is 0 Å². The molecule has 1 aliphatic carbocycles. The van der Waals surface area contributed by atoms with Crippen LogP contribution in [0.15, 0.2) is 48.5 Å². The molecule has 2 aromatic carbocycles. The van der Waals surface area contributed by atoms with Gasteiger partial charge in [-0.2, -0.15) is 0 Å². The zero-order chi connectivity index (χ0) is 19.0. The van der Waals surface area contributed by atoms with Crippen LogP contribution in [-0.2, 0) is 5.60 Å². The van der Waals surface area contributed by atoms with Gasteiger partial charge in [0.05, 0.1) is 16.7 Å². The molecule has 1 fully saturated rings. The first-order chi connectivity index (χ1) is 12.9. The third-order valence-corrected chi connectivity index (χ3v) is 6.74. The Labute approximate surface area is 164 Å². The highest BCUT2D eigenvalue weighted by molar-refractivity contribution is 7.15. The first kappa shape index (κ1) is 18.4. The number of aliphatic hydroxyl groups excluding tert-OH is 1. The third-order valence-electron chi connectivity index (χ3n) is 5.45. The van der Waals surface area contributed by atoms with E-state index in [9.17, 15) is 10.2 Å². The Morgan fingerprint density at radius 1 is 0.889 bits per heavy atom. The molecule has 140 valence electrons. The maximum atomic E-state index is 11.2. The van der Waals surface area contributed by atoms with Crippen LogP contribution >= 0.6 is 11.3 Å². The fourth-order valence-corrected chi connectivity index (χ4v) is 4.86. The van der Waals surface area contributed by atoms with Crippen molar-refractivity contribution in [2.24, 2.45) is 0 Å². The molecule has 0 saturated heterocycles. The summed E-state index contributed by atoms with van der Waals surface area (Å²) >= 11 is 1.58. The molecule has 0 unspecified atom stereocenters. The topological polar surface area (TPSA) is 53.4 Å². The molecule has 2 N–H and O–H groups in total. The highest BCUT2D eigenvalue weighted by Gasteiger charge is 2.38. The SMILES string of the molecule is Cc1ccc(-c2nc(C3(O)CCC(O)CC3)sc2-c2ccc(C)cc2)cc1. The molecule has 0 bridgehead atoms. The summed E-state index contributed by atoms with van der Waals surface area (Å²) in [7, 11) is 0. The monoisotopic (exact) mass is 379 g/mol. The zero-order valence-electron chi connectivity index (χ0n) is 15.8. The van der Waals surface area contributed by atoms with E-state index in [0.29, 0.717) is 25.7 Å². The number of hydrogen-bond donors (Lipinski definition) is 2. The Hall–Kier alpha value is -2.01. The fourth-order valence-electron chi connectivity index (χ4n) is 3.62. The lowest BCUT2D eigenvalue weighted by molar-refractivity contribution is -0.0361. The number of nitrogens with zero attached hydrogens (tertiary/aromatic N) is 1. The summed E-state index contributed by atoms with van der Waals surface area (Å²) < 4.78 is 0. The smallest absolute Gasteiger partial charge is 0.126 e. The van der Waals surface area contributed by atoms with E-state index in [1.807, 2.05) is 0 Å². The second kappa shape index (κ2) is 7.19. The van der Waals surface area contributed by atoms with Gasteiger partial charge in [0.25, 0.3) is 0 Å². The van der Waals surface area contributed by atoms with Crippen LogP contribution < -0.4 is 0 Å². The van der Waals surface area contributed by atoms with Crippen molar-refractivity contribution in [2.45, 2.75) is 51.2 Å². The highest BCUT2D eigenvalue weighted by atomic mass is 32.1. The molecule has 1 saturated carbocycles. The molecule has 3 nitrogen and oxygen atoms in total. The van der Waals surface area contributed by atoms with Gasteiger partial charge in [0.15, 0.2) is 0 Å². The molecule has 1 aromatic heterocycles. The summed E-state index contributed by atoms with van der Waals surface area (Å²) in [4.78, 5) is 6.01. The molecule has 0 aliphatic heterocycles. The number of rotatable bonds is 3. The van der Waals surface area contributed by atoms with Crippen LogP contribution in [0.25, 0.3) is 21.7 Å². The first-order valence-corrected chi connectivity index (χ1v) is 10.3. The maximum Gasteiger partial charge on any atom is 0.126 e. The van der Waals surface area contributed by atoms with E-state index in [-0.39, 0.29) is 6.10 Å². The van der Waals surface area contributed by atoms with E-state index >= 15 is 0 Å². The van der Waals surface area contributed by atoms with Gasteiger partial charge < -0.3 is 10.2 Å². The Morgan fingerprint density at radius 2 is 1.41 bits per heavy atom. The van der Waals surface area contributed by atoms with E-state index in [1.165, 1.54) is 11.1 Å². The number of benzene rings is 2. The minimum Gasteiger partial charge on any atom is -0.393 e. The predicted molar refractivity (Wildman–Crippen MR) is 111 cm³/mol. The van der Waals surface area contributed by atoms with Gasteiger partial charge in [-0.25, -0.2) is 4.98 Å². The first-order valence-electron chi connectivity index (χ1n) is 9.50. The molecular weight excluding hydrogens is 354 g/mol. The zero-order valence-corrected chi connectivity index (χ0v) is 16.6. The molecule has 0 amide bonds. The standard InChI is InChI=1S/C23H25NO2S/c1-15-3-7-17(8-4-15)20-21(18-9-5-16(2)6-10-18)27-22(24-20)23(26)13-11-19(25)12-14-23/h3-10,19,25-26H,11-14H2,1-2H3. The Kier molecular flexibility index (Phi) is 4.89. The Morgan fingerprint density at radius 3 is 1.96 bits per heavy atom. The summed E-state index contributed by atoms with van der Waals surface area (Å²) in [6, 6.07) is 16.9. The van der Waals surface area contributed by atoms with Crippen LogP contribution in [0.4, 0.5) is 0 Å². The molecule has 1 aliphatic rings. The Balaban J connectivity index is 1.82. The van der Waals surface area contributed by atoms with Crippen molar-refractivity contribution in [2.75, 3.05) is 0 Å². The van der Waals surface area contributed by atoms with Gasteiger partial charge in [0, 0.05) is 5.56 Å². The maximum absolute atomic E-state index is 11.2. The molecule has 4 heteroatoms. The lowest BCUT2D eigenvalue weighted by Gasteiger charge is -2.32. The van der Waals surface area contributed by atoms with E-state index in [1.54, 1.807) is 11.3 Å². The van der Waals surface area contributed by atoms with Gasteiger partial charge in [-0.1, -0.05) is 59.7 Å². The van der Waals surface area contributed by atoms with Crippen LogP contribution in [0.2, 0.25) is 0 Å². The molecule has 0 radical (unpaired) electrons. The van der Waals surface area contributed by atoms with Crippen molar-refractivity contribution >= 4 is 11.3 Å². The average molecular weight is 380 g/mol. The van der Waals surface area contributed by atoms with Crippen LogP contribution in [0.1, 0.15) is 41.8 Å². The predicted octanol–water partition coefficient (Wildman–Crippen LogP) is 5.22. The summed E-state index contributed by atoms with van der Waals surface area (Å²) in [6.45, 7) is 4.16. The molecule has 0 spiro atoms. The Bertz CT molecular complexity index is 857. The average Bonchev–Trinajstić information content (AvgIpc) is 3.12. The molecular formula is C23H25NO2S. The second-order valence-electron chi connectivity index (χ2n) is 7.69. The van der Waals surface area contributed by atoms with Crippen molar-refractivity contribution < 1.29 is 10.2 Å². The highest BCUT2D eigenvalue weighted by Crippen LogP contribution is 2.45. The summed E-state index contributed by atoms with van der Waals surface area (Å²) in [5, 5.41) is 21.8. The van der Waals surface area contributed by atoms with E-state index in [0.717, 1.165) is 26.7 Å². The van der Waals surface area contributed by atoms with Crippen molar-refractivity contribution in [3.63, 3.8) is 0 Å². The number of aryl methyl sites for hydroxylation is 2. The second-order valence-corrected chi connectivity index (χ2v) is 8.69. The van der Waals surface area contributed by atoms with Crippen LogP contribution in [0.3, 0.4) is 0 Å². The molecule has 3 aromatic rings. The minimum atomic E-state index is -0.938. The van der Waals surface area contributed by atoms with Crippen molar-refractivity contribution in [1.82, 2.24) is 4.98 Å². The quantitative estimate of drug-likeness (QED) is 0.656. The fraction of sp³-hybridized carbons (Fsp3) is 0.348. The minimum absolute atomic E-state index is 0.307. The summed E-state index contributed by atoms with van der Waals surface area (Å²) in [6.07, 6.45) is 2.05. The van der Waals surface area contributed by atoms with Crippen LogP contribution in [-0.4, -0.2) is 21.3 Å². The summed E-state index contributed by atoms with van der Waals surface area (Å²) in [5.41, 5.74) is 4.62. The lowest BCUT2D eigenvalue weighted by Crippen LogP contribution is -2.33. The third kappa shape index (κ3) is 3.70. The molecule has 27 heavy (non-hydrogen) atoms. The summed E-state index contributed by atoms with van der Waals surface area (Å²) in [5.74, 6) is 0. The number of thiazole rings is 1. The van der Waals surface area contributed by atoms with Gasteiger partial charge in [-0.15, -0.1) is 11.3 Å². The van der Waals surface area contributed by atoms with Gasteiger partial charge in [-0.05, 0) is 45.1 Å². The van der Waals surface area contributed by atoms with Gasteiger partial charge >= 0.3 is 0 Å². The van der Waals surface area contributed by atoms with E-state index in [2.05, 4.69) is 62.4 Å². The van der Waals surface area contributed by atoms with Crippen molar-refractivity contribution in [3.8, 4) is 21.7 Å². The van der Waals surface area contributed by atoms with Crippen LogP contribution in [0, 0.1) is 13.8 Å². The molecule has 4 rings (SSSR count). The van der Waals surface area contributed by atoms with Gasteiger partial charge in [-0.3, -0.25) is 0 Å². The van der Waals surface area contributed by atoms with Crippen molar-refractivity contribution in [3.05, 3.63) is 64.7 Å². The van der Waals surface area contributed by atoms with E-state index < -0.39 is 5.60 Å². The number of aliphatic hydroxyl groups is 2. The molecule has 0 atom stereocenters. The van der Waals surface area contributed by atoms with Gasteiger partial charge in [0.1, 0.15) is 10.6 Å². The number of hydrogen-bond acceptors (Lipinski definition) is 4. The lowest BCUT2D eigenvalue weighted by atomic mass is 9.84. The normalized spacial score (nSPS) is 22.7. The van der Waals surface area contributed by atoms with Crippen LogP contribution in [0.5, 0.6) is 0 Å². The number of aromatic nitrogens is 1. The van der Waals surface area contributed by atoms with E-state index in [4.69, 9.17) is 4.98 Å². The van der Waals surface area contributed by atoms with Gasteiger partial charge in [0.2, 0.25) is 0 Å². The largest absolute Gasteiger partial charge is 0.393 e. The molecule has 1 heterocycles.